The molecule has 0 spiro atoms. The van der Waals surface area contributed by atoms with Crippen molar-refractivity contribution < 1.29 is 22.7 Å². The average Bonchev–Trinajstić information content (AvgIpc) is 3.24. The summed E-state index contributed by atoms with van der Waals surface area (Å²) in [7, 11) is -3.56. The molecule has 1 fully saturated rings. The number of aryl methyl sites for hydroxylation is 2. The van der Waals surface area contributed by atoms with Gasteiger partial charge < -0.3 is 10.1 Å². The van der Waals surface area contributed by atoms with Gasteiger partial charge in [0.25, 0.3) is 17.5 Å². The van der Waals surface area contributed by atoms with E-state index >= 15 is 0 Å². The van der Waals surface area contributed by atoms with Crippen LogP contribution in [0.1, 0.15) is 48.2 Å². The van der Waals surface area contributed by atoms with Crippen LogP contribution in [0.3, 0.4) is 0 Å². The topological polar surface area (TPSA) is 136 Å². The molecule has 1 aliphatic heterocycles. The lowest BCUT2D eigenvalue weighted by molar-refractivity contribution is -0.123. The molecule has 3 aromatic rings. The fourth-order valence-corrected chi connectivity index (χ4v) is 5.25. The van der Waals surface area contributed by atoms with E-state index in [4.69, 9.17) is 4.74 Å². The number of ether oxygens (including phenoxy) is 1. The van der Waals surface area contributed by atoms with Crippen molar-refractivity contribution in [2.24, 2.45) is 0 Å². The molecular weight excluding hydrogens is 460 g/mol. The van der Waals surface area contributed by atoms with Crippen molar-refractivity contribution in [2.45, 2.75) is 51.0 Å². The van der Waals surface area contributed by atoms with Gasteiger partial charge in [0.05, 0.1) is 4.90 Å². The number of anilines is 1. The van der Waals surface area contributed by atoms with Gasteiger partial charge in [-0.25, -0.2) is 22.7 Å². The number of piperidine rings is 1. The van der Waals surface area contributed by atoms with Gasteiger partial charge in [-0.1, -0.05) is 6.42 Å². The van der Waals surface area contributed by atoms with Gasteiger partial charge in [-0.2, -0.15) is 9.29 Å². The number of nitrogens with zero attached hydrogens (tertiary/aromatic N) is 5. The van der Waals surface area contributed by atoms with Crippen LogP contribution < -0.4 is 5.32 Å². The summed E-state index contributed by atoms with van der Waals surface area (Å²) in [6.45, 7) is 6.07. The lowest BCUT2D eigenvalue weighted by atomic mass is 10.2. The molecule has 0 saturated carbocycles. The molecule has 180 valence electrons. The molecule has 1 aliphatic rings. The molecular formula is C22H26N6O5S. The van der Waals surface area contributed by atoms with Crippen molar-refractivity contribution in [1.29, 1.82) is 0 Å². The zero-order valence-electron chi connectivity index (χ0n) is 19.2. The minimum Gasteiger partial charge on any atom is -0.447 e. The van der Waals surface area contributed by atoms with Gasteiger partial charge in [0.15, 0.2) is 6.10 Å². The van der Waals surface area contributed by atoms with Gasteiger partial charge in [0, 0.05) is 30.2 Å². The summed E-state index contributed by atoms with van der Waals surface area (Å²) < 4.78 is 33.6. The lowest BCUT2D eigenvalue weighted by Crippen LogP contribution is -2.35. The number of hydrogen-bond donors (Lipinski definition) is 1. The third kappa shape index (κ3) is 4.92. The molecule has 1 amide bonds. The Morgan fingerprint density at radius 1 is 1.06 bits per heavy atom. The van der Waals surface area contributed by atoms with Crippen molar-refractivity contribution in [3.05, 3.63) is 47.5 Å². The number of nitrogens with one attached hydrogen (secondary N) is 1. The molecule has 1 N–H and O–H groups in total. The molecule has 11 nitrogen and oxygen atoms in total. The summed E-state index contributed by atoms with van der Waals surface area (Å²) in [5.41, 5.74) is 1.87. The molecule has 4 rings (SSSR count). The van der Waals surface area contributed by atoms with E-state index in [0.717, 1.165) is 30.7 Å². The van der Waals surface area contributed by atoms with E-state index in [2.05, 4.69) is 20.4 Å². The highest BCUT2D eigenvalue weighted by Gasteiger charge is 2.26. The summed E-state index contributed by atoms with van der Waals surface area (Å²) >= 11 is 0. The summed E-state index contributed by atoms with van der Waals surface area (Å²) in [4.78, 5) is 33.4. The number of rotatable bonds is 6. The maximum Gasteiger partial charge on any atom is 0.379 e. The van der Waals surface area contributed by atoms with Gasteiger partial charge >= 0.3 is 5.97 Å². The molecule has 12 heteroatoms. The monoisotopic (exact) mass is 486 g/mol. The van der Waals surface area contributed by atoms with Crippen molar-refractivity contribution >= 4 is 33.4 Å². The van der Waals surface area contributed by atoms with Crippen molar-refractivity contribution in [3.63, 3.8) is 0 Å². The fourth-order valence-electron chi connectivity index (χ4n) is 3.73. The van der Waals surface area contributed by atoms with Gasteiger partial charge in [-0.05, 0) is 63.9 Å². The predicted molar refractivity (Wildman–Crippen MR) is 123 cm³/mol. The Morgan fingerprint density at radius 3 is 2.41 bits per heavy atom. The number of esters is 1. The van der Waals surface area contributed by atoms with E-state index in [1.54, 1.807) is 6.07 Å². The number of fused-ring (bicyclic) bond motifs is 1. The Bertz CT molecular complexity index is 1330. The van der Waals surface area contributed by atoms with E-state index in [1.807, 2.05) is 13.8 Å². The number of carbonyl (C=O) groups is 2. The van der Waals surface area contributed by atoms with Gasteiger partial charge in [0.1, 0.15) is 0 Å². The van der Waals surface area contributed by atoms with E-state index in [9.17, 15) is 18.0 Å². The second-order valence-electron chi connectivity index (χ2n) is 8.21. The highest BCUT2D eigenvalue weighted by Crippen LogP contribution is 2.22. The zero-order chi connectivity index (χ0) is 24.5. The summed E-state index contributed by atoms with van der Waals surface area (Å²) in [5, 5.41) is 6.71. The zero-order valence-corrected chi connectivity index (χ0v) is 20.0. The summed E-state index contributed by atoms with van der Waals surface area (Å²) in [5.74, 6) is -1.36. The fraction of sp³-hybridized carbons (Fsp3) is 0.409. The number of carbonyl (C=O) groups excluding carboxylic acids is 2. The summed E-state index contributed by atoms with van der Waals surface area (Å²) in [6, 6.07) is 7.71. The second-order valence-corrected chi connectivity index (χ2v) is 10.1. The normalized spacial score (nSPS) is 15.7. The SMILES string of the molecule is Cc1cc(C)n2nc(C(=O)OC(C)C(=O)Nc3ccc(S(=O)(=O)N4CCCCC4)cc3)nc2n1. The van der Waals surface area contributed by atoms with Crippen LogP contribution >= 0.6 is 0 Å². The van der Waals surface area contributed by atoms with Crippen LogP contribution in [0.4, 0.5) is 5.69 Å². The lowest BCUT2D eigenvalue weighted by Gasteiger charge is -2.25. The number of amides is 1. The van der Waals surface area contributed by atoms with Gasteiger partial charge in [-0.15, -0.1) is 5.10 Å². The Morgan fingerprint density at radius 2 is 1.74 bits per heavy atom. The first-order chi connectivity index (χ1) is 16.1. The van der Waals surface area contributed by atoms with Crippen LogP contribution in [-0.2, 0) is 19.6 Å². The number of benzene rings is 1. The van der Waals surface area contributed by atoms with Crippen LogP contribution in [0.5, 0.6) is 0 Å². The molecule has 3 heterocycles. The molecule has 0 aliphatic carbocycles. The van der Waals surface area contributed by atoms with Crippen molar-refractivity contribution in [1.82, 2.24) is 23.9 Å². The van der Waals surface area contributed by atoms with Gasteiger partial charge in [0.2, 0.25) is 10.0 Å². The Balaban J connectivity index is 1.38. The van der Waals surface area contributed by atoms with E-state index in [1.165, 1.54) is 40.0 Å². The van der Waals surface area contributed by atoms with Crippen molar-refractivity contribution in [3.8, 4) is 0 Å². The third-order valence-electron chi connectivity index (χ3n) is 5.53. The van der Waals surface area contributed by atoms with E-state index in [0.29, 0.717) is 18.8 Å². The smallest absolute Gasteiger partial charge is 0.379 e. The molecule has 1 saturated heterocycles. The molecule has 34 heavy (non-hydrogen) atoms. The maximum absolute atomic E-state index is 12.8. The highest BCUT2D eigenvalue weighted by molar-refractivity contribution is 7.89. The molecule has 1 aromatic carbocycles. The Hall–Kier alpha value is -3.38. The molecule has 0 radical (unpaired) electrons. The van der Waals surface area contributed by atoms with E-state index < -0.39 is 28.0 Å². The van der Waals surface area contributed by atoms with E-state index in [-0.39, 0.29) is 16.5 Å². The highest BCUT2D eigenvalue weighted by atomic mass is 32.2. The number of aromatic nitrogens is 4. The summed E-state index contributed by atoms with van der Waals surface area (Å²) in [6.07, 6.45) is 1.60. The van der Waals surface area contributed by atoms with Gasteiger partial charge in [-0.3, -0.25) is 4.79 Å². The standard InChI is InChI=1S/C22H26N6O5S/c1-14-13-15(2)28-22(23-14)25-19(26-28)21(30)33-16(3)20(29)24-17-7-9-18(10-8-17)34(31,32)27-11-5-4-6-12-27/h7-10,13,16H,4-6,11-12H2,1-3H3,(H,24,29). The third-order valence-corrected chi connectivity index (χ3v) is 7.44. The molecule has 1 atom stereocenters. The molecule has 1 unspecified atom stereocenters. The first-order valence-corrected chi connectivity index (χ1v) is 12.4. The number of hydrogen-bond acceptors (Lipinski definition) is 8. The van der Waals surface area contributed by atoms with Crippen LogP contribution in [0.2, 0.25) is 0 Å². The molecule has 0 bridgehead atoms. The maximum atomic E-state index is 12.8. The van der Waals surface area contributed by atoms with Crippen LogP contribution in [-0.4, -0.2) is 63.4 Å². The molecule has 2 aromatic heterocycles. The van der Waals surface area contributed by atoms with Crippen molar-refractivity contribution in [2.75, 3.05) is 18.4 Å². The van der Waals surface area contributed by atoms with Crippen LogP contribution in [0, 0.1) is 13.8 Å². The Kier molecular flexibility index (Phi) is 6.62. The first-order valence-electron chi connectivity index (χ1n) is 11.0. The second kappa shape index (κ2) is 9.47. The predicted octanol–water partition coefficient (Wildman–Crippen LogP) is 2.10. The van der Waals surface area contributed by atoms with Crippen LogP contribution in [0.15, 0.2) is 35.2 Å². The first kappa shape index (κ1) is 23.8. The average molecular weight is 487 g/mol. The largest absolute Gasteiger partial charge is 0.447 e. The Labute approximate surface area is 197 Å². The quantitative estimate of drug-likeness (QED) is 0.523. The number of sulfonamides is 1. The van der Waals surface area contributed by atoms with Crippen LogP contribution in [0.25, 0.3) is 5.78 Å². The minimum atomic E-state index is -3.56. The minimum absolute atomic E-state index is 0.170.